The molecule has 1 fully saturated rings. The molecule has 1 aromatic carbocycles. The summed E-state index contributed by atoms with van der Waals surface area (Å²) < 4.78 is 2.66. The fraction of sp³-hybridized carbons (Fsp3) is 0.421. The number of hydrogen-bond acceptors (Lipinski definition) is 4. The molecule has 7 heteroatoms. The summed E-state index contributed by atoms with van der Waals surface area (Å²) in [5.74, 6) is 0.853. The second-order valence-electron chi connectivity index (χ2n) is 6.95. The summed E-state index contributed by atoms with van der Waals surface area (Å²) in [4.78, 5) is 17.4. The minimum absolute atomic E-state index is 0.0844. The lowest BCUT2D eigenvalue weighted by Gasteiger charge is -2.20. The summed E-state index contributed by atoms with van der Waals surface area (Å²) in [6, 6.07) is 5.75. The molecule has 1 N–H and O–H groups in total. The van der Waals surface area contributed by atoms with Crippen LogP contribution in [0.2, 0.25) is 5.02 Å². The first-order valence-electron chi connectivity index (χ1n) is 8.96. The molecule has 0 saturated heterocycles. The molecule has 136 valence electrons. The van der Waals surface area contributed by atoms with Crippen LogP contribution in [-0.2, 0) is 4.79 Å². The molecule has 4 rings (SSSR count). The number of aryl methyl sites for hydroxylation is 2. The first-order chi connectivity index (χ1) is 12.5. The predicted molar refractivity (Wildman–Crippen MR) is 106 cm³/mol. The number of nitrogens with zero attached hydrogens (tertiary/aromatic N) is 3. The maximum Gasteiger partial charge on any atom is 0.228 e. The van der Waals surface area contributed by atoms with Gasteiger partial charge >= 0.3 is 0 Å². The van der Waals surface area contributed by atoms with Gasteiger partial charge in [-0.15, -0.1) is 0 Å². The van der Waals surface area contributed by atoms with Gasteiger partial charge in [0.1, 0.15) is 5.82 Å². The Morgan fingerprint density at radius 1 is 1.27 bits per heavy atom. The lowest BCUT2D eigenvalue weighted by molar-refractivity contribution is -0.120. The topological polar surface area (TPSA) is 59.8 Å². The van der Waals surface area contributed by atoms with Crippen molar-refractivity contribution in [1.82, 2.24) is 14.8 Å². The summed E-state index contributed by atoms with van der Waals surface area (Å²) in [5.41, 5.74) is 2.80. The molecule has 1 aliphatic carbocycles. The van der Waals surface area contributed by atoms with E-state index in [1.807, 2.05) is 32.0 Å². The lowest BCUT2D eigenvalue weighted by Crippen LogP contribution is -2.25. The van der Waals surface area contributed by atoms with E-state index in [0.29, 0.717) is 16.0 Å². The molecule has 0 radical (unpaired) electrons. The van der Waals surface area contributed by atoms with E-state index in [9.17, 15) is 4.79 Å². The third-order valence-electron chi connectivity index (χ3n) is 4.93. The summed E-state index contributed by atoms with van der Waals surface area (Å²) >= 11 is 7.82. The van der Waals surface area contributed by atoms with Crippen molar-refractivity contribution in [2.45, 2.75) is 46.0 Å². The monoisotopic (exact) mass is 388 g/mol. The molecule has 0 unspecified atom stereocenters. The Bertz CT molecular complexity index is 932. The minimum Gasteiger partial charge on any atom is -0.310 e. The molecule has 0 spiro atoms. The molecule has 0 atom stereocenters. The number of nitrogens with one attached hydrogen (secondary N) is 1. The number of halogens is 1. The third kappa shape index (κ3) is 3.23. The van der Waals surface area contributed by atoms with Crippen LogP contribution in [0.3, 0.4) is 0 Å². The number of carbonyl (C=O) groups is 1. The van der Waals surface area contributed by atoms with E-state index in [1.165, 1.54) is 17.8 Å². The number of carbonyl (C=O) groups excluding carboxylic acids is 1. The highest BCUT2D eigenvalue weighted by Gasteiger charge is 2.23. The summed E-state index contributed by atoms with van der Waals surface area (Å²) in [6.07, 6.45) is 5.43. The van der Waals surface area contributed by atoms with Crippen LogP contribution in [0.4, 0.5) is 5.82 Å². The highest BCUT2D eigenvalue weighted by atomic mass is 35.5. The van der Waals surface area contributed by atoms with Crippen molar-refractivity contribution in [2.24, 2.45) is 5.92 Å². The van der Waals surface area contributed by atoms with E-state index in [0.717, 1.165) is 47.2 Å². The number of amides is 1. The van der Waals surface area contributed by atoms with E-state index in [2.05, 4.69) is 10.4 Å². The molecule has 1 saturated carbocycles. The Kier molecular flexibility index (Phi) is 4.71. The maximum absolute atomic E-state index is 12.7. The Labute approximate surface area is 161 Å². The standard InChI is InChI=1S/C19H21ClN4OS/c1-11-8-9-14(20)17-16(11)22-19(26-17)24-15(10-12(2)23-24)21-18(25)13-6-4-3-5-7-13/h8-10,13H,3-7H2,1-2H3,(H,21,25). The molecular weight excluding hydrogens is 368 g/mol. The van der Waals surface area contributed by atoms with Gasteiger partial charge in [0.15, 0.2) is 0 Å². The van der Waals surface area contributed by atoms with Gasteiger partial charge < -0.3 is 5.32 Å². The number of hydrogen-bond donors (Lipinski definition) is 1. The van der Waals surface area contributed by atoms with Crippen molar-refractivity contribution in [3.05, 3.63) is 34.5 Å². The molecule has 0 aliphatic heterocycles. The smallest absolute Gasteiger partial charge is 0.228 e. The quantitative estimate of drug-likeness (QED) is 0.664. The average Bonchev–Trinajstić information content (AvgIpc) is 3.23. The number of anilines is 1. The predicted octanol–water partition coefficient (Wildman–Crippen LogP) is 5.27. The molecule has 2 aromatic heterocycles. The Morgan fingerprint density at radius 3 is 2.77 bits per heavy atom. The summed E-state index contributed by atoms with van der Waals surface area (Å²) in [7, 11) is 0. The molecule has 0 bridgehead atoms. The number of thiazole rings is 1. The molecule has 5 nitrogen and oxygen atoms in total. The van der Waals surface area contributed by atoms with Gasteiger partial charge in [0.2, 0.25) is 11.0 Å². The van der Waals surface area contributed by atoms with E-state index < -0.39 is 0 Å². The Morgan fingerprint density at radius 2 is 2.04 bits per heavy atom. The summed E-state index contributed by atoms with van der Waals surface area (Å²) in [6.45, 7) is 3.93. The number of aromatic nitrogens is 3. The highest BCUT2D eigenvalue weighted by molar-refractivity contribution is 7.21. The number of rotatable bonds is 3. The molecule has 26 heavy (non-hydrogen) atoms. The van der Waals surface area contributed by atoms with Crippen molar-refractivity contribution >= 4 is 44.9 Å². The average molecular weight is 389 g/mol. The van der Waals surface area contributed by atoms with Gasteiger partial charge in [0.05, 0.1) is 20.9 Å². The maximum atomic E-state index is 12.7. The van der Waals surface area contributed by atoms with Gasteiger partial charge in [-0.2, -0.15) is 9.78 Å². The molecule has 2 heterocycles. The van der Waals surface area contributed by atoms with Crippen molar-refractivity contribution in [1.29, 1.82) is 0 Å². The first kappa shape index (κ1) is 17.5. The Hall–Kier alpha value is -1.92. The van der Waals surface area contributed by atoms with E-state index in [1.54, 1.807) is 4.68 Å². The second kappa shape index (κ2) is 7.00. The van der Waals surface area contributed by atoms with Crippen LogP contribution in [0.5, 0.6) is 0 Å². The normalized spacial score (nSPS) is 15.5. The van der Waals surface area contributed by atoms with Crippen LogP contribution in [-0.4, -0.2) is 20.7 Å². The van der Waals surface area contributed by atoms with Crippen molar-refractivity contribution in [2.75, 3.05) is 5.32 Å². The molecule has 1 aliphatic rings. The molecular formula is C19H21ClN4OS. The lowest BCUT2D eigenvalue weighted by atomic mass is 9.89. The van der Waals surface area contributed by atoms with Gasteiger partial charge in [-0.25, -0.2) is 4.98 Å². The number of fused-ring (bicyclic) bond motifs is 1. The largest absolute Gasteiger partial charge is 0.310 e. The van der Waals surface area contributed by atoms with Crippen LogP contribution in [0.1, 0.15) is 43.4 Å². The van der Waals surface area contributed by atoms with Crippen molar-refractivity contribution in [3.8, 4) is 5.13 Å². The van der Waals surface area contributed by atoms with Crippen LogP contribution in [0.25, 0.3) is 15.3 Å². The zero-order valence-corrected chi connectivity index (χ0v) is 16.5. The number of benzene rings is 1. The van der Waals surface area contributed by atoms with Gasteiger partial charge in [-0.05, 0) is 38.3 Å². The second-order valence-corrected chi connectivity index (χ2v) is 8.33. The highest BCUT2D eigenvalue weighted by Crippen LogP contribution is 2.34. The van der Waals surface area contributed by atoms with Gasteiger partial charge in [-0.1, -0.05) is 48.3 Å². The first-order valence-corrected chi connectivity index (χ1v) is 10.2. The zero-order valence-electron chi connectivity index (χ0n) is 14.9. The van der Waals surface area contributed by atoms with Crippen LogP contribution < -0.4 is 5.32 Å². The van der Waals surface area contributed by atoms with Gasteiger partial charge in [-0.3, -0.25) is 4.79 Å². The van der Waals surface area contributed by atoms with Crippen LogP contribution in [0, 0.1) is 19.8 Å². The van der Waals surface area contributed by atoms with Crippen molar-refractivity contribution < 1.29 is 4.79 Å². The van der Waals surface area contributed by atoms with E-state index in [4.69, 9.17) is 16.6 Å². The van der Waals surface area contributed by atoms with Crippen molar-refractivity contribution in [3.63, 3.8) is 0 Å². The fourth-order valence-electron chi connectivity index (χ4n) is 3.51. The van der Waals surface area contributed by atoms with Crippen LogP contribution in [0.15, 0.2) is 18.2 Å². The van der Waals surface area contributed by atoms with Gasteiger partial charge in [0.25, 0.3) is 0 Å². The zero-order chi connectivity index (χ0) is 18.3. The SMILES string of the molecule is Cc1cc(NC(=O)C2CCCCC2)n(-c2nc3c(C)ccc(Cl)c3s2)n1. The fourth-order valence-corrected chi connectivity index (χ4v) is 4.79. The van der Waals surface area contributed by atoms with Crippen LogP contribution >= 0.6 is 22.9 Å². The third-order valence-corrected chi connectivity index (χ3v) is 6.42. The van der Waals surface area contributed by atoms with Gasteiger partial charge in [0, 0.05) is 12.0 Å². The molecule has 3 aromatic rings. The summed E-state index contributed by atoms with van der Waals surface area (Å²) in [5, 5.41) is 9.01. The Balaban J connectivity index is 1.68. The van der Waals surface area contributed by atoms with E-state index in [-0.39, 0.29) is 11.8 Å². The molecule has 1 amide bonds. The minimum atomic E-state index is 0.0844. The van der Waals surface area contributed by atoms with E-state index >= 15 is 0 Å².